The van der Waals surface area contributed by atoms with Gasteiger partial charge in [-0.2, -0.15) is 4.39 Å². The molecular weight excluding hydrogens is 463 g/mol. The van der Waals surface area contributed by atoms with Gasteiger partial charge in [-0.05, 0) is 56.0 Å². The summed E-state index contributed by atoms with van der Waals surface area (Å²) in [5, 5.41) is 0. The van der Waals surface area contributed by atoms with Gasteiger partial charge in [0.05, 0.1) is 19.3 Å². The van der Waals surface area contributed by atoms with Gasteiger partial charge in [0.2, 0.25) is 5.82 Å². The topological polar surface area (TPSA) is 18.5 Å². The fourth-order valence-corrected chi connectivity index (χ4v) is 4.44. The maximum atomic E-state index is 15.0. The van der Waals surface area contributed by atoms with Crippen molar-refractivity contribution in [2.45, 2.75) is 38.7 Å². The zero-order chi connectivity index (χ0) is 25.1. The number of hydrogen-bond acceptors (Lipinski definition) is 2. The van der Waals surface area contributed by atoms with Gasteiger partial charge in [0.1, 0.15) is 5.82 Å². The van der Waals surface area contributed by atoms with E-state index in [4.69, 9.17) is 9.47 Å². The van der Waals surface area contributed by atoms with Crippen LogP contribution in [-0.4, -0.2) is 13.2 Å². The van der Waals surface area contributed by atoms with E-state index in [2.05, 4.69) is 0 Å². The molecule has 2 atom stereocenters. The SMILES string of the molecule is C/C=C/c1ccc(C2CCC(c3ccc(-c4ccc(OCC)c(F)c4F)c(F)c3F)CO2)c(F)c1. The van der Waals surface area contributed by atoms with Crippen molar-refractivity contribution in [2.24, 2.45) is 0 Å². The Hall–Kier alpha value is -3.19. The van der Waals surface area contributed by atoms with Crippen LogP contribution in [0.15, 0.2) is 48.5 Å². The second kappa shape index (κ2) is 10.6. The molecule has 1 saturated heterocycles. The summed E-state index contributed by atoms with van der Waals surface area (Å²) < 4.78 is 84.1. The zero-order valence-electron chi connectivity index (χ0n) is 19.4. The number of ether oxygens (including phenoxy) is 2. The van der Waals surface area contributed by atoms with Crippen molar-refractivity contribution in [2.75, 3.05) is 13.2 Å². The van der Waals surface area contributed by atoms with E-state index in [1.54, 1.807) is 25.1 Å². The van der Waals surface area contributed by atoms with Crippen molar-refractivity contribution in [3.8, 4) is 16.9 Å². The van der Waals surface area contributed by atoms with Crippen molar-refractivity contribution in [3.05, 3.63) is 94.3 Å². The first-order chi connectivity index (χ1) is 16.8. The molecule has 184 valence electrons. The normalized spacial score (nSPS) is 18.3. The van der Waals surface area contributed by atoms with Crippen LogP contribution in [0.2, 0.25) is 0 Å². The number of hydrogen-bond donors (Lipinski definition) is 0. The highest BCUT2D eigenvalue weighted by atomic mass is 19.2. The van der Waals surface area contributed by atoms with Gasteiger partial charge in [0.15, 0.2) is 23.2 Å². The molecular formula is C28H25F5O2. The van der Waals surface area contributed by atoms with Crippen LogP contribution < -0.4 is 4.74 Å². The van der Waals surface area contributed by atoms with Crippen LogP contribution in [0.4, 0.5) is 22.0 Å². The van der Waals surface area contributed by atoms with Gasteiger partial charge in [-0.3, -0.25) is 0 Å². The maximum absolute atomic E-state index is 15.0. The molecule has 0 radical (unpaired) electrons. The molecule has 3 aromatic carbocycles. The molecule has 1 aliphatic rings. The largest absolute Gasteiger partial charge is 0.491 e. The number of allylic oxidation sites excluding steroid dienone is 1. The summed E-state index contributed by atoms with van der Waals surface area (Å²) >= 11 is 0. The lowest BCUT2D eigenvalue weighted by Gasteiger charge is -2.30. The summed E-state index contributed by atoms with van der Waals surface area (Å²) in [6.45, 7) is 3.67. The first-order valence-electron chi connectivity index (χ1n) is 11.5. The van der Waals surface area contributed by atoms with Gasteiger partial charge in [-0.25, -0.2) is 17.6 Å². The quantitative estimate of drug-likeness (QED) is 0.326. The molecule has 0 bridgehead atoms. The molecule has 35 heavy (non-hydrogen) atoms. The number of benzene rings is 3. The highest BCUT2D eigenvalue weighted by molar-refractivity contribution is 5.67. The molecule has 0 N–H and O–H groups in total. The summed E-state index contributed by atoms with van der Waals surface area (Å²) in [6.07, 6.45) is 3.99. The lowest BCUT2D eigenvalue weighted by Crippen LogP contribution is -2.21. The van der Waals surface area contributed by atoms with Crippen LogP contribution in [0.3, 0.4) is 0 Å². The standard InChI is InChI=1S/C28H25F5O2/c1-3-5-16-6-8-21(22(29)14-16)23-12-7-17(15-35-23)18-9-10-19(26(31)25(18)30)20-11-13-24(34-4-2)28(33)27(20)32/h3,5-6,8-11,13-14,17,23H,4,7,12,15H2,1-2H3/b5-3+. The van der Waals surface area contributed by atoms with Gasteiger partial charge < -0.3 is 9.47 Å². The summed E-state index contributed by atoms with van der Waals surface area (Å²) in [5.41, 5.74) is 0.463. The van der Waals surface area contributed by atoms with E-state index >= 15 is 4.39 Å². The van der Waals surface area contributed by atoms with Crippen molar-refractivity contribution < 1.29 is 31.4 Å². The second-order valence-corrected chi connectivity index (χ2v) is 8.38. The Labute approximate surface area is 201 Å². The molecule has 0 spiro atoms. The number of rotatable bonds is 6. The Morgan fingerprint density at radius 2 is 1.54 bits per heavy atom. The van der Waals surface area contributed by atoms with E-state index in [0.29, 0.717) is 18.4 Å². The van der Waals surface area contributed by atoms with Gasteiger partial charge in [-0.1, -0.05) is 36.4 Å². The first kappa shape index (κ1) is 24.9. The Balaban J connectivity index is 1.53. The first-order valence-corrected chi connectivity index (χ1v) is 11.5. The van der Waals surface area contributed by atoms with Crippen LogP contribution in [0.1, 0.15) is 55.4 Å². The Morgan fingerprint density at radius 1 is 0.857 bits per heavy atom. The van der Waals surface area contributed by atoms with Crippen molar-refractivity contribution in [1.82, 2.24) is 0 Å². The molecule has 0 aromatic heterocycles. The van der Waals surface area contributed by atoms with E-state index < -0.39 is 40.9 Å². The third kappa shape index (κ3) is 4.96. The minimum atomic E-state index is -1.31. The highest BCUT2D eigenvalue weighted by Gasteiger charge is 2.30. The van der Waals surface area contributed by atoms with E-state index in [1.165, 1.54) is 24.3 Å². The van der Waals surface area contributed by atoms with Crippen LogP contribution >= 0.6 is 0 Å². The number of halogens is 5. The fourth-order valence-electron chi connectivity index (χ4n) is 4.44. The Bertz CT molecular complexity index is 1250. The van der Waals surface area contributed by atoms with Crippen molar-refractivity contribution in [1.29, 1.82) is 0 Å². The van der Waals surface area contributed by atoms with E-state index in [0.717, 1.165) is 11.6 Å². The smallest absolute Gasteiger partial charge is 0.201 e. The molecule has 3 aromatic rings. The van der Waals surface area contributed by atoms with Gasteiger partial charge in [0.25, 0.3) is 0 Å². The lowest BCUT2D eigenvalue weighted by atomic mass is 9.87. The van der Waals surface area contributed by atoms with E-state index in [-0.39, 0.29) is 35.9 Å². The Kier molecular flexibility index (Phi) is 7.55. The summed E-state index contributed by atoms with van der Waals surface area (Å²) in [4.78, 5) is 0. The molecule has 1 fully saturated rings. The molecule has 0 saturated carbocycles. The van der Waals surface area contributed by atoms with Gasteiger partial charge in [0, 0.05) is 22.6 Å². The average Bonchev–Trinajstić information content (AvgIpc) is 2.85. The zero-order valence-corrected chi connectivity index (χ0v) is 19.4. The average molecular weight is 488 g/mol. The molecule has 1 heterocycles. The predicted octanol–water partition coefficient (Wildman–Crippen LogP) is 8.12. The lowest BCUT2D eigenvalue weighted by molar-refractivity contribution is -0.000304. The van der Waals surface area contributed by atoms with Gasteiger partial charge >= 0.3 is 0 Å². The fraction of sp³-hybridized carbons (Fsp3) is 0.286. The summed E-state index contributed by atoms with van der Waals surface area (Å²) in [7, 11) is 0. The van der Waals surface area contributed by atoms with Crippen LogP contribution in [0, 0.1) is 29.1 Å². The Morgan fingerprint density at radius 3 is 2.17 bits per heavy atom. The highest BCUT2D eigenvalue weighted by Crippen LogP contribution is 2.40. The molecule has 4 rings (SSSR count). The third-order valence-electron chi connectivity index (χ3n) is 6.20. The van der Waals surface area contributed by atoms with E-state index in [1.807, 2.05) is 13.0 Å². The molecule has 0 aliphatic carbocycles. The van der Waals surface area contributed by atoms with E-state index in [9.17, 15) is 17.6 Å². The van der Waals surface area contributed by atoms with Crippen LogP contribution in [0.25, 0.3) is 17.2 Å². The van der Waals surface area contributed by atoms with Crippen LogP contribution in [-0.2, 0) is 4.74 Å². The molecule has 2 unspecified atom stereocenters. The molecule has 1 aliphatic heterocycles. The summed E-state index contributed by atoms with van der Waals surface area (Å²) in [6, 6.07) is 9.84. The monoisotopic (exact) mass is 488 g/mol. The minimum Gasteiger partial charge on any atom is -0.491 e. The van der Waals surface area contributed by atoms with Crippen molar-refractivity contribution in [3.63, 3.8) is 0 Å². The molecule has 0 amide bonds. The van der Waals surface area contributed by atoms with Gasteiger partial charge in [-0.15, -0.1) is 0 Å². The van der Waals surface area contributed by atoms with Crippen molar-refractivity contribution >= 4 is 6.08 Å². The molecule has 2 nitrogen and oxygen atoms in total. The van der Waals surface area contributed by atoms with Crippen LogP contribution in [0.5, 0.6) is 5.75 Å². The third-order valence-corrected chi connectivity index (χ3v) is 6.20. The summed E-state index contributed by atoms with van der Waals surface area (Å²) in [5.74, 6) is -6.10. The minimum absolute atomic E-state index is 0.0719. The maximum Gasteiger partial charge on any atom is 0.201 e. The predicted molar refractivity (Wildman–Crippen MR) is 125 cm³/mol. The second-order valence-electron chi connectivity index (χ2n) is 8.38. The molecule has 7 heteroatoms.